The molecule has 100 valence electrons. The van der Waals surface area contributed by atoms with Crippen molar-refractivity contribution in [3.8, 4) is 0 Å². The van der Waals surface area contributed by atoms with Crippen molar-refractivity contribution in [1.82, 2.24) is 4.67 Å². The molecule has 0 radical (unpaired) electrons. The summed E-state index contributed by atoms with van der Waals surface area (Å²) in [6.07, 6.45) is 4.39. The summed E-state index contributed by atoms with van der Waals surface area (Å²) in [5.41, 5.74) is 12.1. The maximum atomic E-state index is 11.4. The zero-order valence-corrected chi connectivity index (χ0v) is 11.6. The Morgan fingerprint density at radius 1 is 1.33 bits per heavy atom. The number of benzene rings is 1. The van der Waals surface area contributed by atoms with Crippen molar-refractivity contribution in [2.75, 3.05) is 5.73 Å². The standard InChI is InChI=1S/C10H13N4O2P.Ag/c11-9-3-1-8(2-4-9)10-5-6-13-7-14(10)17(12,15)16;/h1-7,10H,11H2,(H3,12,15,16);/q;+1/p-1. The van der Waals surface area contributed by atoms with Crippen molar-refractivity contribution in [1.29, 1.82) is 0 Å². The normalized spacial score (nSPS) is 21.2. The van der Waals surface area contributed by atoms with Crippen LogP contribution in [0.3, 0.4) is 0 Å². The molecule has 1 aromatic rings. The molecule has 0 aliphatic carbocycles. The third-order valence-electron chi connectivity index (χ3n) is 2.42. The van der Waals surface area contributed by atoms with E-state index in [1.807, 2.05) is 0 Å². The van der Waals surface area contributed by atoms with Crippen molar-refractivity contribution < 1.29 is 31.8 Å². The van der Waals surface area contributed by atoms with Crippen molar-refractivity contribution in [2.24, 2.45) is 10.5 Å². The fraction of sp³-hybridized carbons (Fsp3) is 0.100. The molecule has 0 amide bonds. The second-order valence-corrected chi connectivity index (χ2v) is 5.25. The Hall–Kier alpha value is -0.880. The van der Waals surface area contributed by atoms with E-state index in [-0.39, 0.29) is 22.4 Å². The van der Waals surface area contributed by atoms with Crippen LogP contribution in [0.15, 0.2) is 41.5 Å². The number of nitrogens with two attached hydrogens (primary N) is 2. The average molecular weight is 359 g/mol. The Kier molecular flexibility index (Phi) is 4.92. The summed E-state index contributed by atoms with van der Waals surface area (Å²) in [6.45, 7) is 0. The monoisotopic (exact) mass is 358 g/mol. The molecule has 0 bridgehead atoms. The fourth-order valence-corrected chi connectivity index (χ4v) is 2.36. The van der Waals surface area contributed by atoms with Crippen LogP contribution in [0.1, 0.15) is 11.6 Å². The van der Waals surface area contributed by atoms with Gasteiger partial charge in [0.2, 0.25) is 0 Å². The number of aliphatic imine (C=N–C) groups is 1. The van der Waals surface area contributed by atoms with Gasteiger partial charge >= 0.3 is 22.4 Å². The molecule has 8 heteroatoms. The van der Waals surface area contributed by atoms with Crippen LogP contribution < -0.4 is 16.1 Å². The molecule has 1 heterocycles. The van der Waals surface area contributed by atoms with E-state index in [0.29, 0.717) is 5.69 Å². The van der Waals surface area contributed by atoms with E-state index in [2.05, 4.69) is 4.99 Å². The summed E-state index contributed by atoms with van der Waals surface area (Å²) in [7, 11) is -4.12. The molecule has 0 aromatic heterocycles. The predicted molar refractivity (Wildman–Crippen MR) is 64.9 cm³/mol. The van der Waals surface area contributed by atoms with E-state index in [9.17, 15) is 9.46 Å². The fourth-order valence-electron chi connectivity index (χ4n) is 1.60. The van der Waals surface area contributed by atoms with Crippen LogP contribution in [0.2, 0.25) is 0 Å². The molecule has 2 unspecified atom stereocenters. The summed E-state index contributed by atoms with van der Waals surface area (Å²) >= 11 is 0. The number of hydrogen-bond acceptors (Lipinski definition) is 4. The first-order chi connectivity index (χ1) is 7.98. The molecule has 0 saturated carbocycles. The van der Waals surface area contributed by atoms with Gasteiger partial charge in [-0.05, 0) is 23.8 Å². The Morgan fingerprint density at radius 2 is 1.94 bits per heavy atom. The quantitative estimate of drug-likeness (QED) is 0.457. The van der Waals surface area contributed by atoms with Gasteiger partial charge in [-0.1, -0.05) is 12.1 Å². The van der Waals surface area contributed by atoms with Gasteiger partial charge < -0.3 is 15.3 Å². The van der Waals surface area contributed by atoms with Crippen LogP contribution in [-0.4, -0.2) is 11.0 Å². The number of anilines is 1. The van der Waals surface area contributed by atoms with Crippen LogP contribution in [0.5, 0.6) is 0 Å². The molecule has 1 aliphatic rings. The van der Waals surface area contributed by atoms with Crippen LogP contribution in [0.4, 0.5) is 5.69 Å². The van der Waals surface area contributed by atoms with E-state index in [1.165, 1.54) is 12.5 Å². The first-order valence-electron chi connectivity index (χ1n) is 4.92. The van der Waals surface area contributed by atoms with Gasteiger partial charge in [-0.3, -0.25) is 10.1 Å². The molecule has 2 atom stereocenters. The number of nitrogens with zero attached hydrogens (tertiary/aromatic N) is 2. The van der Waals surface area contributed by atoms with Gasteiger partial charge in [-0.25, -0.2) is 4.99 Å². The van der Waals surface area contributed by atoms with Gasteiger partial charge in [-0.2, -0.15) is 0 Å². The minimum absolute atomic E-state index is 0. The first-order valence-corrected chi connectivity index (χ1v) is 6.57. The Labute approximate surface area is 120 Å². The largest absolute Gasteiger partial charge is 1.00 e. The second kappa shape index (κ2) is 5.84. The van der Waals surface area contributed by atoms with Crippen molar-refractivity contribution in [3.63, 3.8) is 0 Å². The van der Waals surface area contributed by atoms with E-state index < -0.39 is 13.7 Å². The summed E-state index contributed by atoms with van der Waals surface area (Å²) in [5.74, 6) is 0. The predicted octanol–water partition coefficient (Wildman–Crippen LogP) is 0.592. The van der Waals surface area contributed by atoms with E-state index in [4.69, 9.17) is 11.2 Å². The minimum atomic E-state index is -4.12. The van der Waals surface area contributed by atoms with Crippen LogP contribution in [-0.2, 0) is 26.9 Å². The number of nitrogen functional groups attached to an aromatic ring is 1. The summed E-state index contributed by atoms with van der Waals surface area (Å²) in [5, 5.41) is 0. The van der Waals surface area contributed by atoms with Crippen LogP contribution in [0, 0.1) is 0 Å². The van der Waals surface area contributed by atoms with Gasteiger partial charge in [0, 0.05) is 11.9 Å². The van der Waals surface area contributed by atoms with Crippen LogP contribution in [0.25, 0.3) is 0 Å². The maximum absolute atomic E-state index is 11.4. The topological polar surface area (TPSA) is 108 Å². The zero-order chi connectivity index (χ0) is 12.5. The maximum Gasteiger partial charge on any atom is 1.00 e. The molecule has 0 saturated heterocycles. The molecular formula is C10H12AgN4O2P. The molecule has 4 N–H and O–H groups in total. The Bertz CT molecular complexity index is 511. The van der Waals surface area contributed by atoms with Crippen molar-refractivity contribution >= 4 is 19.7 Å². The first kappa shape index (κ1) is 15.2. The molecular weight excluding hydrogens is 347 g/mol. The molecule has 6 nitrogen and oxygen atoms in total. The summed E-state index contributed by atoms with van der Waals surface area (Å²) < 4.78 is 12.4. The van der Waals surface area contributed by atoms with E-state index in [1.54, 1.807) is 30.3 Å². The molecule has 2 rings (SSSR count). The molecule has 18 heavy (non-hydrogen) atoms. The third kappa shape index (κ3) is 3.32. The van der Waals surface area contributed by atoms with Gasteiger partial charge in [0.15, 0.2) is 7.67 Å². The van der Waals surface area contributed by atoms with Gasteiger partial charge in [0.05, 0.1) is 12.4 Å². The smallest absolute Gasteiger partial charge is 0.771 e. The van der Waals surface area contributed by atoms with E-state index >= 15 is 0 Å². The van der Waals surface area contributed by atoms with Gasteiger partial charge in [0.1, 0.15) is 0 Å². The number of hydrogen-bond donors (Lipinski definition) is 2. The summed E-state index contributed by atoms with van der Waals surface area (Å²) in [6, 6.07) is 6.46. The molecule has 0 fully saturated rings. The van der Waals surface area contributed by atoms with E-state index in [0.717, 1.165) is 10.2 Å². The second-order valence-electron chi connectivity index (χ2n) is 3.66. The molecule has 0 spiro atoms. The van der Waals surface area contributed by atoms with Gasteiger partial charge in [-0.15, -0.1) is 0 Å². The van der Waals surface area contributed by atoms with Crippen molar-refractivity contribution in [2.45, 2.75) is 6.04 Å². The number of rotatable bonds is 2. The van der Waals surface area contributed by atoms with Gasteiger partial charge in [0.25, 0.3) is 0 Å². The average Bonchev–Trinajstić information content (AvgIpc) is 2.29. The molecule has 1 aliphatic heterocycles. The van der Waals surface area contributed by atoms with Crippen LogP contribution >= 0.6 is 7.67 Å². The summed E-state index contributed by atoms with van der Waals surface area (Å²) in [4.78, 5) is 15.2. The Morgan fingerprint density at radius 3 is 2.50 bits per heavy atom. The van der Waals surface area contributed by atoms with Crippen molar-refractivity contribution in [3.05, 3.63) is 42.1 Å². The minimum Gasteiger partial charge on any atom is -0.771 e. The SMILES string of the molecule is Nc1ccc(C2C=CN=CN2P(N)(=O)[O-])cc1.[Ag+]. The molecule has 1 aromatic carbocycles. The third-order valence-corrected chi connectivity index (χ3v) is 3.42. The zero-order valence-electron chi connectivity index (χ0n) is 9.23. The Balaban J connectivity index is 0.00000162.